The molecular weight excluding hydrogens is 494 g/mol. The van der Waals surface area contributed by atoms with Crippen molar-refractivity contribution in [2.75, 3.05) is 33.3 Å². The van der Waals surface area contributed by atoms with Gasteiger partial charge in [0, 0.05) is 33.3 Å². The second-order valence-corrected chi connectivity index (χ2v) is 9.74. The molecule has 3 atom stereocenters. The van der Waals surface area contributed by atoms with E-state index in [4.69, 9.17) is 4.74 Å². The Balaban J connectivity index is 1.44. The molecule has 0 bridgehead atoms. The predicted octanol–water partition coefficient (Wildman–Crippen LogP) is 3.30. The standard InChI is InChI=1S/C31H35N3O5/c1-39-30(24-12-14-25(15-13-24)31(37)38)34-20-26(28(35)32-18-16-22-8-4-2-5-9-22)27(21-34)29(36)33-19-17-23-10-6-3-7-11-23/h2-15,26-27,30H,16-21H2,1H3,(H,32,35)(H,33,36)(H,37,38)/t26-,27-,30?/m1/s1. The van der Waals surface area contributed by atoms with Crippen LogP contribution in [0.25, 0.3) is 0 Å². The Morgan fingerprint density at radius 2 is 1.26 bits per heavy atom. The van der Waals surface area contributed by atoms with Crippen molar-refractivity contribution in [3.8, 4) is 0 Å². The summed E-state index contributed by atoms with van der Waals surface area (Å²) in [5, 5.41) is 15.3. The topological polar surface area (TPSA) is 108 Å². The minimum Gasteiger partial charge on any atom is -0.478 e. The van der Waals surface area contributed by atoms with Gasteiger partial charge < -0.3 is 20.5 Å². The lowest BCUT2D eigenvalue weighted by molar-refractivity contribution is -0.132. The quantitative estimate of drug-likeness (QED) is 0.332. The van der Waals surface area contributed by atoms with Crippen molar-refractivity contribution in [2.24, 2.45) is 11.8 Å². The molecule has 8 heteroatoms. The molecule has 0 saturated carbocycles. The molecule has 0 radical (unpaired) electrons. The fourth-order valence-corrected chi connectivity index (χ4v) is 5.05. The summed E-state index contributed by atoms with van der Waals surface area (Å²) >= 11 is 0. The molecule has 3 N–H and O–H groups in total. The second kappa shape index (κ2) is 13.7. The first-order chi connectivity index (χ1) is 19.0. The van der Waals surface area contributed by atoms with Crippen molar-refractivity contribution in [3.05, 3.63) is 107 Å². The Morgan fingerprint density at radius 1 is 0.795 bits per heavy atom. The van der Waals surface area contributed by atoms with Crippen LogP contribution in [-0.4, -0.2) is 61.1 Å². The normalized spacial score (nSPS) is 17.9. The highest BCUT2D eigenvalue weighted by molar-refractivity contribution is 5.89. The molecule has 4 rings (SSSR count). The molecule has 1 fully saturated rings. The zero-order valence-corrected chi connectivity index (χ0v) is 22.1. The van der Waals surface area contributed by atoms with Crippen molar-refractivity contribution in [1.29, 1.82) is 0 Å². The molecule has 0 aliphatic carbocycles. The van der Waals surface area contributed by atoms with Gasteiger partial charge in [0.25, 0.3) is 0 Å². The number of nitrogens with one attached hydrogen (secondary N) is 2. The van der Waals surface area contributed by atoms with Crippen molar-refractivity contribution < 1.29 is 24.2 Å². The lowest BCUT2D eigenvalue weighted by atomic mass is 9.94. The van der Waals surface area contributed by atoms with Crippen LogP contribution in [0.15, 0.2) is 84.9 Å². The average Bonchev–Trinajstić information content (AvgIpc) is 3.40. The number of benzene rings is 3. The number of carbonyl (C=O) groups is 3. The van der Waals surface area contributed by atoms with Gasteiger partial charge >= 0.3 is 5.97 Å². The van der Waals surface area contributed by atoms with E-state index in [0.717, 1.165) is 16.7 Å². The van der Waals surface area contributed by atoms with E-state index in [1.807, 2.05) is 65.6 Å². The molecule has 0 aromatic heterocycles. The van der Waals surface area contributed by atoms with Gasteiger partial charge in [-0.1, -0.05) is 72.8 Å². The van der Waals surface area contributed by atoms with Crippen molar-refractivity contribution in [3.63, 3.8) is 0 Å². The van der Waals surface area contributed by atoms with Crippen LogP contribution >= 0.6 is 0 Å². The maximum atomic E-state index is 13.3. The van der Waals surface area contributed by atoms with E-state index < -0.39 is 24.0 Å². The number of nitrogens with zero attached hydrogens (tertiary/aromatic N) is 1. The molecule has 39 heavy (non-hydrogen) atoms. The third-order valence-electron chi connectivity index (χ3n) is 7.13. The summed E-state index contributed by atoms with van der Waals surface area (Å²) in [6.07, 6.45) is 0.885. The van der Waals surface area contributed by atoms with Gasteiger partial charge in [-0.2, -0.15) is 0 Å². The average molecular weight is 530 g/mol. The van der Waals surface area contributed by atoms with E-state index in [2.05, 4.69) is 10.6 Å². The number of methoxy groups -OCH3 is 1. The molecule has 1 heterocycles. The van der Waals surface area contributed by atoms with Crippen LogP contribution in [0, 0.1) is 11.8 Å². The van der Waals surface area contributed by atoms with Gasteiger partial charge in [-0.15, -0.1) is 0 Å². The lowest BCUT2D eigenvalue weighted by Crippen LogP contribution is -2.42. The van der Waals surface area contributed by atoms with E-state index >= 15 is 0 Å². The summed E-state index contributed by atoms with van der Waals surface area (Å²) in [4.78, 5) is 39.9. The summed E-state index contributed by atoms with van der Waals surface area (Å²) in [6, 6.07) is 26.3. The van der Waals surface area contributed by atoms with Crippen LogP contribution in [0.4, 0.5) is 0 Å². The molecule has 2 amide bonds. The van der Waals surface area contributed by atoms with Gasteiger partial charge in [-0.25, -0.2) is 4.79 Å². The van der Waals surface area contributed by atoms with Crippen LogP contribution in [0.5, 0.6) is 0 Å². The fraction of sp³-hybridized carbons (Fsp3) is 0.323. The van der Waals surface area contributed by atoms with Crippen molar-refractivity contribution >= 4 is 17.8 Å². The SMILES string of the molecule is COC(c1ccc(C(=O)O)cc1)N1C[C@@H](C(=O)NCCc2ccccc2)[C@H](C(=O)NCCc2ccccc2)C1. The molecular formula is C31H35N3O5. The van der Waals surface area contributed by atoms with Gasteiger partial charge in [0.1, 0.15) is 6.23 Å². The number of likely N-dealkylation sites (tertiary alicyclic amines) is 1. The Labute approximate surface area is 229 Å². The highest BCUT2D eigenvalue weighted by Gasteiger charge is 2.44. The zero-order chi connectivity index (χ0) is 27.6. The molecule has 204 valence electrons. The van der Waals surface area contributed by atoms with Gasteiger partial charge in [-0.3, -0.25) is 14.5 Å². The number of hydrogen-bond acceptors (Lipinski definition) is 5. The zero-order valence-electron chi connectivity index (χ0n) is 22.1. The first-order valence-corrected chi connectivity index (χ1v) is 13.2. The Kier molecular flexibility index (Phi) is 9.83. The van der Waals surface area contributed by atoms with Gasteiger partial charge in [0.05, 0.1) is 17.4 Å². The largest absolute Gasteiger partial charge is 0.478 e. The summed E-state index contributed by atoms with van der Waals surface area (Å²) < 4.78 is 5.77. The fourth-order valence-electron chi connectivity index (χ4n) is 5.05. The Morgan fingerprint density at radius 3 is 1.67 bits per heavy atom. The molecule has 3 aromatic rings. The summed E-state index contributed by atoms with van der Waals surface area (Å²) in [5.74, 6) is -2.42. The smallest absolute Gasteiger partial charge is 0.335 e. The maximum absolute atomic E-state index is 13.3. The van der Waals surface area contributed by atoms with Crippen LogP contribution in [0.2, 0.25) is 0 Å². The number of rotatable bonds is 12. The van der Waals surface area contributed by atoms with Crippen LogP contribution in [0.1, 0.15) is 33.3 Å². The number of amides is 2. The van der Waals surface area contributed by atoms with Crippen LogP contribution < -0.4 is 10.6 Å². The van der Waals surface area contributed by atoms with E-state index in [0.29, 0.717) is 39.0 Å². The first-order valence-electron chi connectivity index (χ1n) is 13.2. The third kappa shape index (κ3) is 7.52. The van der Waals surface area contributed by atoms with Crippen LogP contribution in [0.3, 0.4) is 0 Å². The number of carboxylic acid groups (broad SMARTS) is 1. The Bertz CT molecular complexity index is 1170. The molecule has 1 aliphatic heterocycles. The molecule has 0 spiro atoms. The van der Waals surface area contributed by atoms with E-state index in [9.17, 15) is 19.5 Å². The maximum Gasteiger partial charge on any atom is 0.335 e. The van der Waals surface area contributed by atoms with Gasteiger partial charge in [-0.05, 0) is 41.7 Å². The van der Waals surface area contributed by atoms with Crippen molar-refractivity contribution in [2.45, 2.75) is 19.1 Å². The summed E-state index contributed by atoms with van der Waals surface area (Å²) in [6.45, 7) is 1.64. The lowest BCUT2D eigenvalue weighted by Gasteiger charge is -2.27. The van der Waals surface area contributed by atoms with E-state index in [1.54, 1.807) is 19.2 Å². The highest BCUT2D eigenvalue weighted by atomic mass is 16.5. The summed E-state index contributed by atoms with van der Waals surface area (Å²) in [7, 11) is 1.57. The molecule has 1 unspecified atom stereocenters. The minimum absolute atomic E-state index is 0.160. The van der Waals surface area contributed by atoms with Gasteiger partial charge in [0.2, 0.25) is 11.8 Å². The minimum atomic E-state index is -1.00. The number of aromatic carboxylic acids is 1. The second-order valence-electron chi connectivity index (χ2n) is 9.74. The third-order valence-corrected chi connectivity index (χ3v) is 7.13. The van der Waals surface area contributed by atoms with Crippen LogP contribution in [-0.2, 0) is 27.2 Å². The number of ether oxygens (including phenoxy) is 1. The van der Waals surface area contributed by atoms with Gasteiger partial charge in [0.15, 0.2) is 0 Å². The first kappa shape index (κ1) is 28.0. The number of carbonyl (C=O) groups excluding carboxylic acids is 2. The number of hydrogen-bond donors (Lipinski definition) is 3. The molecule has 1 saturated heterocycles. The molecule has 3 aromatic carbocycles. The summed E-state index contributed by atoms with van der Waals surface area (Å²) in [5.41, 5.74) is 3.20. The monoisotopic (exact) mass is 529 g/mol. The Hall–Kier alpha value is -4.01. The number of carboxylic acids is 1. The predicted molar refractivity (Wildman–Crippen MR) is 148 cm³/mol. The highest BCUT2D eigenvalue weighted by Crippen LogP contribution is 2.32. The van der Waals surface area contributed by atoms with E-state index in [-0.39, 0.29) is 17.4 Å². The van der Waals surface area contributed by atoms with E-state index in [1.165, 1.54) is 12.1 Å². The molecule has 8 nitrogen and oxygen atoms in total. The molecule has 1 aliphatic rings. The van der Waals surface area contributed by atoms with Crippen molar-refractivity contribution in [1.82, 2.24) is 15.5 Å².